The van der Waals surface area contributed by atoms with Gasteiger partial charge in [0.25, 0.3) is 0 Å². The lowest BCUT2D eigenvalue weighted by Crippen LogP contribution is -2.40. The molecule has 6 heteroatoms. The summed E-state index contributed by atoms with van der Waals surface area (Å²) in [5.41, 5.74) is 5.93. The Morgan fingerprint density at radius 1 is 1.13 bits per heavy atom. The van der Waals surface area contributed by atoms with Crippen molar-refractivity contribution in [2.75, 3.05) is 12.8 Å². The Hall–Kier alpha value is -2.24. The minimum atomic E-state index is -1.20. The van der Waals surface area contributed by atoms with Crippen LogP contribution in [0.25, 0.3) is 0 Å². The van der Waals surface area contributed by atoms with Gasteiger partial charge in [-0.15, -0.1) is 0 Å². The van der Waals surface area contributed by atoms with Gasteiger partial charge in [-0.05, 0) is 53.7 Å². The first-order chi connectivity index (χ1) is 10.4. The molecule has 0 aromatic heterocycles. The van der Waals surface area contributed by atoms with Crippen LogP contribution in [0.5, 0.6) is 5.75 Å². The first-order valence-corrected chi connectivity index (χ1v) is 7.36. The summed E-state index contributed by atoms with van der Waals surface area (Å²) in [6, 6.07) is 5.26. The van der Waals surface area contributed by atoms with Crippen molar-refractivity contribution >= 4 is 17.4 Å². The standard InChI is InChI=1S/C17H26N2O4/c1-11(12-8-13(18)10-14(9-12)21-7)19-23-17(5,6)15(20)22-16(2,3)4/h8-10H,18H2,1-7H3/b19-11+. The van der Waals surface area contributed by atoms with E-state index < -0.39 is 17.2 Å². The number of methoxy groups -OCH3 is 1. The number of carbonyl (C=O) groups is 1. The zero-order valence-electron chi connectivity index (χ0n) is 14.9. The molecule has 128 valence electrons. The van der Waals surface area contributed by atoms with E-state index in [2.05, 4.69) is 5.16 Å². The zero-order valence-corrected chi connectivity index (χ0v) is 14.9. The molecule has 0 aliphatic rings. The molecule has 6 nitrogen and oxygen atoms in total. The SMILES string of the molecule is COc1cc(N)cc(/C(C)=N/OC(C)(C)C(=O)OC(C)(C)C)c1. The number of hydrogen-bond donors (Lipinski definition) is 1. The maximum absolute atomic E-state index is 12.1. The van der Waals surface area contributed by atoms with Crippen molar-refractivity contribution in [3.8, 4) is 5.75 Å². The monoisotopic (exact) mass is 322 g/mol. The van der Waals surface area contributed by atoms with Crippen molar-refractivity contribution in [3.63, 3.8) is 0 Å². The second-order valence-corrected chi connectivity index (χ2v) is 6.78. The number of nitrogens with two attached hydrogens (primary N) is 1. The molecular weight excluding hydrogens is 296 g/mol. The van der Waals surface area contributed by atoms with Crippen LogP contribution < -0.4 is 10.5 Å². The zero-order chi connectivity index (χ0) is 17.8. The molecule has 2 N–H and O–H groups in total. The van der Waals surface area contributed by atoms with Gasteiger partial charge in [0.1, 0.15) is 11.4 Å². The van der Waals surface area contributed by atoms with Gasteiger partial charge in [-0.2, -0.15) is 0 Å². The quantitative estimate of drug-likeness (QED) is 0.390. The molecule has 0 amide bonds. The lowest BCUT2D eigenvalue weighted by molar-refractivity contribution is -0.179. The van der Waals surface area contributed by atoms with E-state index in [1.807, 2.05) is 0 Å². The predicted octanol–water partition coefficient (Wildman–Crippen LogP) is 3.14. The summed E-state index contributed by atoms with van der Waals surface area (Å²) >= 11 is 0. The van der Waals surface area contributed by atoms with Crippen LogP contribution in [0.1, 0.15) is 47.1 Å². The number of benzene rings is 1. The molecule has 1 aromatic carbocycles. The van der Waals surface area contributed by atoms with Crippen molar-refractivity contribution in [1.82, 2.24) is 0 Å². The van der Waals surface area contributed by atoms with Gasteiger partial charge in [-0.25, -0.2) is 4.79 Å². The molecular formula is C17H26N2O4. The van der Waals surface area contributed by atoms with E-state index in [9.17, 15) is 4.79 Å². The van der Waals surface area contributed by atoms with Gasteiger partial charge in [0.2, 0.25) is 5.60 Å². The van der Waals surface area contributed by atoms with Crippen LogP contribution in [0.4, 0.5) is 5.69 Å². The van der Waals surface area contributed by atoms with Crippen LogP contribution in [0.3, 0.4) is 0 Å². The highest BCUT2D eigenvalue weighted by atomic mass is 16.7. The molecule has 0 spiro atoms. The van der Waals surface area contributed by atoms with Crippen LogP contribution in [0, 0.1) is 0 Å². The number of hydrogen-bond acceptors (Lipinski definition) is 6. The van der Waals surface area contributed by atoms with E-state index in [-0.39, 0.29) is 0 Å². The van der Waals surface area contributed by atoms with E-state index in [1.54, 1.807) is 66.9 Å². The Balaban J connectivity index is 2.90. The number of carbonyl (C=O) groups excluding carboxylic acids is 1. The fourth-order valence-corrected chi connectivity index (χ4v) is 1.62. The fraction of sp³-hybridized carbons (Fsp3) is 0.529. The van der Waals surface area contributed by atoms with Crippen LogP contribution in [-0.2, 0) is 14.4 Å². The van der Waals surface area contributed by atoms with Crippen molar-refractivity contribution < 1.29 is 19.1 Å². The summed E-state index contributed by atoms with van der Waals surface area (Å²) in [5.74, 6) is 0.146. The molecule has 0 unspecified atom stereocenters. The minimum absolute atomic E-state index is 0.480. The summed E-state index contributed by atoms with van der Waals surface area (Å²) in [4.78, 5) is 17.5. The van der Waals surface area contributed by atoms with Crippen molar-refractivity contribution in [2.24, 2.45) is 5.16 Å². The number of nitrogens with zero attached hydrogens (tertiary/aromatic N) is 1. The molecule has 0 aliphatic heterocycles. The number of nitrogen functional groups attached to an aromatic ring is 1. The Morgan fingerprint density at radius 2 is 1.74 bits per heavy atom. The number of ether oxygens (including phenoxy) is 2. The van der Waals surface area contributed by atoms with E-state index in [1.165, 1.54) is 0 Å². The normalized spacial score (nSPS) is 12.7. The number of rotatable bonds is 5. The number of anilines is 1. The second-order valence-electron chi connectivity index (χ2n) is 6.78. The molecule has 0 radical (unpaired) electrons. The number of esters is 1. The van der Waals surface area contributed by atoms with E-state index >= 15 is 0 Å². The molecule has 23 heavy (non-hydrogen) atoms. The Morgan fingerprint density at radius 3 is 2.26 bits per heavy atom. The third kappa shape index (κ3) is 5.81. The summed E-state index contributed by atoms with van der Waals surface area (Å²) in [7, 11) is 1.56. The van der Waals surface area contributed by atoms with E-state index in [4.69, 9.17) is 20.0 Å². The van der Waals surface area contributed by atoms with Crippen molar-refractivity contribution in [2.45, 2.75) is 52.7 Å². The van der Waals surface area contributed by atoms with Gasteiger partial charge < -0.3 is 20.0 Å². The molecule has 0 saturated heterocycles. The predicted molar refractivity (Wildman–Crippen MR) is 90.6 cm³/mol. The molecule has 0 fully saturated rings. The van der Waals surface area contributed by atoms with Gasteiger partial charge in [0.05, 0.1) is 12.8 Å². The molecule has 1 aromatic rings. The lowest BCUT2D eigenvalue weighted by Gasteiger charge is -2.26. The van der Waals surface area contributed by atoms with Crippen LogP contribution in [-0.4, -0.2) is 30.0 Å². The third-order valence-electron chi connectivity index (χ3n) is 2.88. The Kier molecular flexibility index (Phi) is 5.64. The van der Waals surface area contributed by atoms with Gasteiger partial charge in [0, 0.05) is 17.3 Å². The molecule has 0 atom stereocenters. The second kappa shape index (κ2) is 6.89. The van der Waals surface area contributed by atoms with Gasteiger partial charge in [0.15, 0.2) is 0 Å². The summed E-state index contributed by atoms with van der Waals surface area (Å²) in [6.07, 6.45) is 0. The topological polar surface area (TPSA) is 83.1 Å². The highest BCUT2D eigenvalue weighted by Gasteiger charge is 2.35. The summed E-state index contributed by atoms with van der Waals surface area (Å²) < 4.78 is 10.5. The third-order valence-corrected chi connectivity index (χ3v) is 2.88. The molecule has 0 bridgehead atoms. The molecule has 0 saturated carbocycles. The van der Waals surface area contributed by atoms with Crippen molar-refractivity contribution in [1.29, 1.82) is 0 Å². The first-order valence-electron chi connectivity index (χ1n) is 7.36. The summed E-state index contributed by atoms with van der Waals surface area (Å²) in [6.45, 7) is 10.4. The van der Waals surface area contributed by atoms with Gasteiger partial charge in [-0.3, -0.25) is 0 Å². The summed E-state index contributed by atoms with van der Waals surface area (Å²) in [5, 5.41) is 4.04. The maximum Gasteiger partial charge on any atom is 0.353 e. The van der Waals surface area contributed by atoms with Crippen LogP contribution >= 0.6 is 0 Å². The smallest absolute Gasteiger partial charge is 0.353 e. The largest absolute Gasteiger partial charge is 0.497 e. The minimum Gasteiger partial charge on any atom is -0.497 e. The molecule has 0 aliphatic carbocycles. The van der Waals surface area contributed by atoms with E-state index in [0.29, 0.717) is 17.1 Å². The van der Waals surface area contributed by atoms with E-state index in [0.717, 1.165) is 5.56 Å². The fourth-order valence-electron chi connectivity index (χ4n) is 1.62. The van der Waals surface area contributed by atoms with Crippen LogP contribution in [0.15, 0.2) is 23.4 Å². The Labute approximate surface area is 137 Å². The molecule has 0 heterocycles. The Bertz CT molecular complexity index is 601. The highest BCUT2D eigenvalue weighted by molar-refractivity contribution is 5.99. The maximum atomic E-state index is 12.1. The average Bonchev–Trinajstić information content (AvgIpc) is 2.42. The van der Waals surface area contributed by atoms with Crippen molar-refractivity contribution in [3.05, 3.63) is 23.8 Å². The van der Waals surface area contributed by atoms with Gasteiger partial charge >= 0.3 is 5.97 Å². The molecule has 1 rings (SSSR count). The first kappa shape index (κ1) is 18.8. The van der Waals surface area contributed by atoms with Gasteiger partial charge in [-0.1, -0.05) is 5.16 Å². The average molecular weight is 322 g/mol. The lowest BCUT2D eigenvalue weighted by atomic mass is 10.1. The number of oxime groups is 1. The van der Waals surface area contributed by atoms with Crippen LogP contribution in [0.2, 0.25) is 0 Å². The highest BCUT2D eigenvalue weighted by Crippen LogP contribution is 2.21.